The molecule has 2 aliphatic carbocycles. The van der Waals surface area contributed by atoms with Gasteiger partial charge in [0, 0.05) is 45.0 Å². The summed E-state index contributed by atoms with van der Waals surface area (Å²) in [5.41, 5.74) is 24.4. The fourth-order valence-corrected chi connectivity index (χ4v) is 9.67. The quantitative estimate of drug-likeness (QED) is 0.170. The van der Waals surface area contributed by atoms with Crippen LogP contribution in [0.5, 0.6) is 0 Å². The number of fused-ring (bicyclic) bond motifs is 7. The van der Waals surface area contributed by atoms with E-state index in [1.54, 1.807) is 0 Å². The van der Waals surface area contributed by atoms with Gasteiger partial charge in [-0.2, -0.15) is 5.26 Å². The molecular formula is C54H49N3. The molecule has 0 fully saturated rings. The highest BCUT2D eigenvalue weighted by atomic mass is 15.1. The predicted octanol–water partition coefficient (Wildman–Crippen LogP) is 14.7. The Kier molecular flexibility index (Phi) is 8.34. The second-order valence-corrected chi connectivity index (χ2v) is 17.3. The van der Waals surface area contributed by atoms with Crippen molar-refractivity contribution in [1.29, 1.82) is 5.26 Å². The van der Waals surface area contributed by atoms with Gasteiger partial charge < -0.3 is 9.80 Å². The lowest BCUT2D eigenvalue weighted by Crippen LogP contribution is -2.25. The third kappa shape index (κ3) is 5.61. The number of nitrogens with zero attached hydrogens (tertiary/aromatic N) is 3. The molecule has 0 radical (unpaired) electrons. The van der Waals surface area contributed by atoms with Crippen LogP contribution in [0, 0.1) is 45.9 Å². The molecule has 0 heterocycles. The van der Waals surface area contributed by atoms with Gasteiger partial charge in [0.05, 0.1) is 11.6 Å². The van der Waals surface area contributed by atoms with E-state index in [2.05, 4.69) is 200 Å². The summed E-state index contributed by atoms with van der Waals surface area (Å²) in [6.45, 7) is 20.8. The molecule has 2 aliphatic rings. The SMILES string of the molecule is Cc1ccc(N(c2ccc(C)cc2)c2ccc3c(c2)C(C)(C)c2c-3c(C)c(C)c3c2C(C)(C)c2cc(N(c4ccc(C)cc4)c4ccc(C#N)cc4)ccc2-3)cc1. The summed E-state index contributed by atoms with van der Waals surface area (Å²) in [7, 11) is 0. The van der Waals surface area contributed by atoms with Crippen molar-refractivity contribution in [2.24, 2.45) is 0 Å². The van der Waals surface area contributed by atoms with Crippen molar-refractivity contribution < 1.29 is 0 Å². The zero-order valence-electron chi connectivity index (χ0n) is 34.5. The number of benzene rings is 7. The van der Waals surface area contributed by atoms with Crippen LogP contribution in [0.4, 0.5) is 34.1 Å². The van der Waals surface area contributed by atoms with Gasteiger partial charge in [-0.3, -0.25) is 0 Å². The predicted molar refractivity (Wildman–Crippen MR) is 239 cm³/mol. The number of hydrogen-bond donors (Lipinski definition) is 0. The fraction of sp³-hybridized carbons (Fsp3) is 0.204. The van der Waals surface area contributed by atoms with Crippen molar-refractivity contribution in [2.45, 2.75) is 73.1 Å². The largest absolute Gasteiger partial charge is 0.310 e. The number of aryl methyl sites for hydroxylation is 3. The van der Waals surface area contributed by atoms with Gasteiger partial charge in [-0.1, -0.05) is 92.9 Å². The van der Waals surface area contributed by atoms with E-state index in [4.69, 9.17) is 0 Å². The van der Waals surface area contributed by atoms with E-state index in [1.165, 1.54) is 78.0 Å². The lowest BCUT2D eigenvalue weighted by Gasteiger charge is -2.33. The topological polar surface area (TPSA) is 30.3 Å². The Morgan fingerprint density at radius 2 is 0.702 bits per heavy atom. The van der Waals surface area contributed by atoms with Crippen molar-refractivity contribution in [3.05, 3.63) is 189 Å². The minimum absolute atomic E-state index is 0.242. The van der Waals surface area contributed by atoms with Gasteiger partial charge in [-0.05, 0) is 175 Å². The molecule has 0 atom stereocenters. The molecule has 0 N–H and O–H groups in total. The molecule has 7 aromatic rings. The zero-order valence-corrected chi connectivity index (χ0v) is 34.5. The third-order valence-corrected chi connectivity index (χ3v) is 12.9. The summed E-state index contributed by atoms with van der Waals surface area (Å²) in [5.74, 6) is 0. The molecule has 57 heavy (non-hydrogen) atoms. The summed E-state index contributed by atoms with van der Waals surface area (Å²) < 4.78 is 0. The molecule has 0 bridgehead atoms. The molecular weight excluding hydrogens is 691 g/mol. The fourth-order valence-electron chi connectivity index (χ4n) is 9.67. The van der Waals surface area contributed by atoms with E-state index < -0.39 is 0 Å². The lowest BCUT2D eigenvalue weighted by molar-refractivity contribution is 0.600. The number of nitriles is 1. The first-order chi connectivity index (χ1) is 27.3. The summed E-state index contributed by atoms with van der Waals surface area (Å²) >= 11 is 0. The van der Waals surface area contributed by atoms with Gasteiger partial charge in [0.2, 0.25) is 0 Å². The molecule has 3 heteroatoms. The van der Waals surface area contributed by atoms with Crippen LogP contribution >= 0.6 is 0 Å². The summed E-state index contributed by atoms with van der Waals surface area (Å²) in [4.78, 5) is 4.72. The molecule has 0 spiro atoms. The first-order valence-electron chi connectivity index (χ1n) is 20.1. The minimum atomic E-state index is -0.259. The van der Waals surface area contributed by atoms with E-state index in [0.717, 1.165) is 28.4 Å². The van der Waals surface area contributed by atoms with Gasteiger partial charge in [-0.15, -0.1) is 0 Å². The Hall–Kier alpha value is -6.37. The number of hydrogen-bond acceptors (Lipinski definition) is 3. The molecule has 0 saturated carbocycles. The molecule has 0 saturated heterocycles. The van der Waals surface area contributed by atoms with E-state index in [-0.39, 0.29) is 10.8 Å². The monoisotopic (exact) mass is 739 g/mol. The highest BCUT2D eigenvalue weighted by Crippen LogP contribution is 2.62. The molecule has 0 unspecified atom stereocenters. The minimum Gasteiger partial charge on any atom is -0.310 e. The van der Waals surface area contributed by atoms with Gasteiger partial charge >= 0.3 is 0 Å². The van der Waals surface area contributed by atoms with Gasteiger partial charge in [0.25, 0.3) is 0 Å². The highest BCUT2D eigenvalue weighted by Gasteiger charge is 2.47. The molecule has 280 valence electrons. The first-order valence-corrected chi connectivity index (χ1v) is 20.1. The Labute approximate surface area is 338 Å². The third-order valence-electron chi connectivity index (χ3n) is 12.9. The molecule has 9 rings (SSSR count). The van der Waals surface area contributed by atoms with Crippen LogP contribution in [0.2, 0.25) is 0 Å². The standard InChI is InChI=1S/C54H49N3/c1-33-10-18-39(19-11-33)56(40-20-12-34(2)13-21-40)43-26-28-45-47(30-43)53(6,7)51-49(45)36(4)37(5)50-46-29-27-44(31-48(46)54(8,9)52(50)51)57(41-22-14-35(3)15-23-41)42-24-16-38(32-55)17-25-42/h10-31H,1-9H3. The average Bonchev–Trinajstić information content (AvgIpc) is 3.58. The Bertz CT molecular complexity index is 2710. The molecule has 0 aliphatic heterocycles. The Morgan fingerprint density at radius 3 is 1.02 bits per heavy atom. The van der Waals surface area contributed by atoms with Crippen LogP contribution in [0.15, 0.2) is 133 Å². The second kappa shape index (κ2) is 13.1. The van der Waals surface area contributed by atoms with Crippen LogP contribution in [-0.4, -0.2) is 0 Å². The lowest BCUT2D eigenvalue weighted by atomic mass is 9.71. The van der Waals surface area contributed by atoms with Crippen molar-refractivity contribution in [3.63, 3.8) is 0 Å². The van der Waals surface area contributed by atoms with Gasteiger partial charge in [0.1, 0.15) is 0 Å². The van der Waals surface area contributed by atoms with E-state index in [1.807, 2.05) is 12.1 Å². The Balaban J connectivity index is 1.20. The highest BCUT2D eigenvalue weighted by molar-refractivity contribution is 5.97. The maximum absolute atomic E-state index is 9.57. The molecule has 3 nitrogen and oxygen atoms in total. The van der Waals surface area contributed by atoms with Crippen molar-refractivity contribution in [3.8, 4) is 28.3 Å². The van der Waals surface area contributed by atoms with Crippen LogP contribution in [-0.2, 0) is 10.8 Å². The first kappa shape index (κ1) is 36.3. The normalized spacial score (nSPS) is 14.0. The molecule has 0 amide bonds. The zero-order chi connectivity index (χ0) is 40.0. The van der Waals surface area contributed by atoms with Crippen molar-refractivity contribution in [1.82, 2.24) is 0 Å². The number of anilines is 6. The second-order valence-electron chi connectivity index (χ2n) is 17.3. The van der Waals surface area contributed by atoms with Gasteiger partial charge in [0.15, 0.2) is 0 Å². The Morgan fingerprint density at radius 1 is 0.404 bits per heavy atom. The van der Waals surface area contributed by atoms with Crippen LogP contribution in [0.25, 0.3) is 22.3 Å². The number of rotatable bonds is 6. The van der Waals surface area contributed by atoms with Gasteiger partial charge in [-0.25, -0.2) is 0 Å². The summed E-state index contributed by atoms with van der Waals surface area (Å²) in [6, 6.07) is 50.9. The van der Waals surface area contributed by atoms with E-state index >= 15 is 0 Å². The smallest absolute Gasteiger partial charge is 0.0991 e. The maximum atomic E-state index is 9.57. The van der Waals surface area contributed by atoms with Crippen molar-refractivity contribution >= 4 is 34.1 Å². The van der Waals surface area contributed by atoms with Crippen LogP contribution < -0.4 is 9.80 Å². The van der Waals surface area contributed by atoms with E-state index in [0.29, 0.717) is 5.56 Å². The maximum Gasteiger partial charge on any atom is 0.0991 e. The molecule has 0 aromatic heterocycles. The van der Waals surface area contributed by atoms with E-state index in [9.17, 15) is 5.26 Å². The average molecular weight is 740 g/mol. The summed E-state index contributed by atoms with van der Waals surface area (Å²) in [5, 5.41) is 9.57. The van der Waals surface area contributed by atoms with Crippen molar-refractivity contribution in [2.75, 3.05) is 9.80 Å². The summed E-state index contributed by atoms with van der Waals surface area (Å²) in [6.07, 6.45) is 0. The molecule has 7 aromatic carbocycles. The van der Waals surface area contributed by atoms with Crippen LogP contribution in [0.1, 0.15) is 83.3 Å². The van der Waals surface area contributed by atoms with Crippen LogP contribution in [0.3, 0.4) is 0 Å².